The number of nitrogens with one attached hydrogen (secondary N) is 1. The van der Waals surface area contributed by atoms with Gasteiger partial charge in [0.25, 0.3) is 0 Å². The average molecular weight is 389 g/mol. The third kappa shape index (κ3) is 5.79. The van der Waals surface area contributed by atoms with Crippen molar-refractivity contribution in [1.29, 1.82) is 0 Å². The largest absolute Gasteiger partial charge is 0.497 e. The van der Waals surface area contributed by atoms with Crippen LogP contribution in [0.15, 0.2) is 78.7 Å². The predicted molar refractivity (Wildman–Crippen MR) is 120 cm³/mol. The fourth-order valence-electron chi connectivity index (χ4n) is 3.13. The van der Waals surface area contributed by atoms with Gasteiger partial charge < -0.3 is 20.5 Å². The second-order valence-corrected chi connectivity index (χ2v) is 6.79. The van der Waals surface area contributed by atoms with Crippen LogP contribution in [0.1, 0.15) is 30.0 Å². The van der Waals surface area contributed by atoms with Crippen LogP contribution in [-0.4, -0.2) is 13.7 Å². The highest BCUT2D eigenvalue weighted by molar-refractivity contribution is 5.59. The molecule has 3 rings (SSSR count). The maximum atomic E-state index is 6.17. The van der Waals surface area contributed by atoms with Crippen molar-refractivity contribution in [2.45, 2.75) is 19.8 Å². The van der Waals surface area contributed by atoms with Gasteiger partial charge in [0.15, 0.2) is 5.88 Å². The zero-order chi connectivity index (χ0) is 20.5. The van der Waals surface area contributed by atoms with Crippen LogP contribution in [0.2, 0.25) is 0 Å². The lowest BCUT2D eigenvalue weighted by Gasteiger charge is -2.13. The second-order valence-electron chi connectivity index (χ2n) is 6.79. The summed E-state index contributed by atoms with van der Waals surface area (Å²) in [7, 11) is 1.63. The topological polar surface area (TPSA) is 56.5 Å². The lowest BCUT2D eigenvalue weighted by molar-refractivity contribution is 0.399. The van der Waals surface area contributed by atoms with E-state index in [0.717, 1.165) is 30.7 Å². The summed E-state index contributed by atoms with van der Waals surface area (Å²) in [6, 6.07) is 24.1. The molecule has 4 nitrogen and oxygen atoms in total. The molecule has 0 heterocycles. The smallest absolute Gasteiger partial charge is 0.191 e. The number of rotatable bonds is 9. The normalized spacial score (nSPS) is 11.2. The third-order valence-corrected chi connectivity index (χ3v) is 4.59. The van der Waals surface area contributed by atoms with Gasteiger partial charge in [0.05, 0.1) is 7.11 Å². The van der Waals surface area contributed by atoms with Gasteiger partial charge in [-0.25, -0.2) is 0 Å². The standard InChI is InChI=1S/C25H28N2O2/c1-3-15-27-24-14-7-6-11-21(24)16-19-9-4-5-10-20(19)17-25(26)29-23-13-8-12-22(18-23)28-2/h4-14,17-18,27H,3,15-16,26H2,1-2H3/b25-17+. The highest BCUT2D eigenvalue weighted by Crippen LogP contribution is 2.24. The van der Waals surface area contributed by atoms with Crippen molar-refractivity contribution in [2.24, 2.45) is 5.73 Å². The van der Waals surface area contributed by atoms with E-state index in [0.29, 0.717) is 11.6 Å². The SMILES string of the molecule is CCCNc1ccccc1Cc1ccccc1/C=C(\N)Oc1cccc(OC)c1. The molecule has 0 radical (unpaired) electrons. The summed E-state index contributed by atoms with van der Waals surface area (Å²) in [4.78, 5) is 0. The summed E-state index contributed by atoms with van der Waals surface area (Å²) in [6.45, 7) is 3.13. The number of para-hydroxylation sites is 1. The van der Waals surface area contributed by atoms with Crippen molar-refractivity contribution in [2.75, 3.05) is 19.0 Å². The molecule has 0 amide bonds. The summed E-state index contributed by atoms with van der Waals surface area (Å²) < 4.78 is 11.0. The zero-order valence-electron chi connectivity index (χ0n) is 17.0. The Hall–Kier alpha value is -3.40. The minimum absolute atomic E-state index is 0.336. The van der Waals surface area contributed by atoms with Crippen molar-refractivity contribution in [3.63, 3.8) is 0 Å². The molecule has 0 aliphatic rings. The van der Waals surface area contributed by atoms with E-state index in [2.05, 4.69) is 48.6 Å². The van der Waals surface area contributed by atoms with Crippen LogP contribution >= 0.6 is 0 Å². The Morgan fingerprint density at radius 2 is 1.66 bits per heavy atom. The molecule has 0 aromatic heterocycles. The average Bonchev–Trinajstić information content (AvgIpc) is 2.74. The van der Waals surface area contributed by atoms with Gasteiger partial charge in [0.1, 0.15) is 11.5 Å². The van der Waals surface area contributed by atoms with Crippen molar-refractivity contribution >= 4 is 11.8 Å². The van der Waals surface area contributed by atoms with E-state index >= 15 is 0 Å². The number of hydrogen-bond acceptors (Lipinski definition) is 4. The molecule has 0 fully saturated rings. The van der Waals surface area contributed by atoms with Gasteiger partial charge in [-0.3, -0.25) is 0 Å². The van der Waals surface area contributed by atoms with E-state index < -0.39 is 0 Å². The maximum Gasteiger partial charge on any atom is 0.191 e. The molecule has 0 bridgehead atoms. The third-order valence-electron chi connectivity index (χ3n) is 4.59. The summed E-state index contributed by atoms with van der Waals surface area (Å²) in [5, 5.41) is 3.51. The molecule has 3 aromatic carbocycles. The fraction of sp³-hybridized carbons (Fsp3) is 0.200. The quantitative estimate of drug-likeness (QED) is 0.479. The number of nitrogens with two attached hydrogens (primary N) is 1. The van der Waals surface area contributed by atoms with Gasteiger partial charge >= 0.3 is 0 Å². The lowest BCUT2D eigenvalue weighted by Crippen LogP contribution is -2.07. The molecule has 0 spiro atoms. The Labute approximate surface area is 173 Å². The number of anilines is 1. The fourth-order valence-corrected chi connectivity index (χ4v) is 3.13. The molecule has 0 aliphatic heterocycles. The van der Waals surface area contributed by atoms with E-state index in [1.807, 2.05) is 42.5 Å². The zero-order valence-corrected chi connectivity index (χ0v) is 17.0. The maximum absolute atomic E-state index is 6.17. The Kier molecular flexibility index (Phi) is 7.17. The van der Waals surface area contributed by atoms with Crippen LogP contribution in [0.3, 0.4) is 0 Å². The van der Waals surface area contributed by atoms with Gasteiger partial charge in [0, 0.05) is 30.8 Å². The molecule has 3 aromatic rings. The minimum atomic E-state index is 0.336. The van der Waals surface area contributed by atoms with E-state index in [1.165, 1.54) is 16.8 Å². The van der Waals surface area contributed by atoms with E-state index in [-0.39, 0.29) is 0 Å². The number of methoxy groups -OCH3 is 1. The van der Waals surface area contributed by atoms with Gasteiger partial charge in [-0.05, 0) is 41.3 Å². The second kappa shape index (κ2) is 10.2. The molecule has 150 valence electrons. The first kappa shape index (κ1) is 20.3. The van der Waals surface area contributed by atoms with Crippen molar-refractivity contribution in [1.82, 2.24) is 0 Å². The van der Waals surface area contributed by atoms with Crippen LogP contribution in [0.25, 0.3) is 6.08 Å². The molecule has 3 N–H and O–H groups in total. The molecule has 0 saturated heterocycles. The van der Waals surface area contributed by atoms with E-state index in [9.17, 15) is 0 Å². The molecule has 4 heteroatoms. The van der Waals surface area contributed by atoms with Gasteiger partial charge in [-0.2, -0.15) is 0 Å². The summed E-state index contributed by atoms with van der Waals surface area (Å²) in [6.07, 6.45) is 3.77. The predicted octanol–water partition coefficient (Wildman–Crippen LogP) is 5.44. The first-order chi connectivity index (χ1) is 14.2. The van der Waals surface area contributed by atoms with Crippen LogP contribution < -0.4 is 20.5 Å². The van der Waals surface area contributed by atoms with Gasteiger partial charge in [0.2, 0.25) is 0 Å². The summed E-state index contributed by atoms with van der Waals surface area (Å²) >= 11 is 0. The minimum Gasteiger partial charge on any atom is -0.497 e. The molecule has 0 unspecified atom stereocenters. The first-order valence-corrected chi connectivity index (χ1v) is 9.88. The van der Waals surface area contributed by atoms with Gasteiger partial charge in [-0.1, -0.05) is 55.5 Å². The molecular weight excluding hydrogens is 360 g/mol. The van der Waals surface area contributed by atoms with Crippen molar-refractivity contribution < 1.29 is 9.47 Å². The molecule has 29 heavy (non-hydrogen) atoms. The summed E-state index contributed by atoms with van der Waals surface area (Å²) in [5.74, 6) is 1.71. The molecular formula is C25H28N2O2. The monoisotopic (exact) mass is 388 g/mol. The Balaban J connectivity index is 1.81. The van der Waals surface area contributed by atoms with Crippen LogP contribution in [0.4, 0.5) is 5.69 Å². The number of hydrogen-bond donors (Lipinski definition) is 2. The highest BCUT2D eigenvalue weighted by Gasteiger charge is 2.07. The highest BCUT2D eigenvalue weighted by atomic mass is 16.5. The number of benzene rings is 3. The molecule has 0 atom stereocenters. The van der Waals surface area contributed by atoms with Crippen molar-refractivity contribution in [3.05, 3.63) is 95.4 Å². The first-order valence-electron chi connectivity index (χ1n) is 9.88. The van der Waals surface area contributed by atoms with Crippen LogP contribution in [0.5, 0.6) is 11.5 Å². The van der Waals surface area contributed by atoms with Crippen LogP contribution in [-0.2, 0) is 6.42 Å². The Morgan fingerprint density at radius 1 is 0.931 bits per heavy atom. The molecule has 0 saturated carbocycles. The van der Waals surface area contributed by atoms with Crippen LogP contribution in [0, 0.1) is 0 Å². The Bertz CT molecular complexity index is 966. The Morgan fingerprint density at radius 3 is 2.45 bits per heavy atom. The number of ether oxygens (including phenoxy) is 2. The van der Waals surface area contributed by atoms with Crippen molar-refractivity contribution in [3.8, 4) is 11.5 Å². The van der Waals surface area contributed by atoms with E-state index in [1.54, 1.807) is 7.11 Å². The lowest BCUT2D eigenvalue weighted by atomic mass is 9.98. The molecule has 0 aliphatic carbocycles. The van der Waals surface area contributed by atoms with E-state index in [4.69, 9.17) is 15.2 Å². The summed E-state index contributed by atoms with van der Waals surface area (Å²) in [5.41, 5.74) is 10.8. The van der Waals surface area contributed by atoms with Gasteiger partial charge in [-0.15, -0.1) is 0 Å².